The summed E-state index contributed by atoms with van der Waals surface area (Å²) in [7, 11) is 0. The van der Waals surface area contributed by atoms with Crippen molar-refractivity contribution in [3.8, 4) is 0 Å². The van der Waals surface area contributed by atoms with Crippen molar-refractivity contribution in [2.45, 2.75) is 13.5 Å². The van der Waals surface area contributed by atoms with Gasteiger partial charge < -0.3 is 19.9 Å². The van der Waals surface area contributed by atoms with E-state index in [1.54, 1.807) is 17.3 Å². The summed E-state index contributed by atoms with van der Waals surface area (Å²) < 4.78 is 5.40. The Morgan fingerprint density at radius 3 is 2.47 bits per heavy atom. The normalized spacial score (nSPS) is 10.7. The number of ether oxygens (including phenoxy) is 1. The number of carbonyl (C=O) groups is 2. The summed E-state index contributed by atoms with van der Waals surface area (Å²) in [5.74, 6) is -0.841. The molecule has 32 heavy (non-hydrogen) atoms. The first-order valence-corrected chi connectivity index (χ1v) is 10.4. The summed E-state index contributed by atoms with van der Waals surface area (Å²) in [5, 5.41) is 4.11. The van der Waals surface area contributed by atoms with Crippen LogP contribution >= 0.6 is 0 Å². The number of benzene rings is 2. The molecule has 4 aromatic rings. The third-order valence-electron chi connectivity index (χ3n) is 5.14. The maximum Gasteiger partial charge on any atom is 0.357 e. The number of rotatable bonds is 8. The molecule has 0 saturated heterocycles. The zero-order valence-electron chi connectivity index (χ0n) is 17.7. The summed E-state index contributed by atoms with van der Waals surface area (Å²) in [4.78, 5) is 34.4. The molecule has 1 amide bonds. The van der Waals surface area contributed by atoms with Crippen LogP contribution in [0, 0.1) is 0 Å². The molecule has 2 heterocycles. The zero-order chi connectivity index (χ0) is 22.3. The van der Waals surface area contributed by atoms with Crippen molar-refractivity contribution in [3.63, 3.8) is 0 Å². The Morgan fingerprint density at radius 1 is 1.00 bits per heavy atom. The van der Waals surface area contributed by atoms with Gasteiger partial charge in [0.05, 0.1) is 5.69 Å². The van der Waals surface area contributed by atoms with E-state index in [4.69, 9.17) is 4.74 Å². The molecule has 7 nitrogen and oxygen atoms in total. The standard InChI is InChI=1S/C25H24N4O3/c1-2-29(16-18-8-4-3-5-9-18)22(30)17-32-25(31)24-23(27-19-12-14-26-15-13-19)20-10-6-7-11-21(20)28-24/h3-15,28H,2,16-17H2,1H3,(H,26,27). The van der Waals surface area contributed by atoms with Gasteiger partial charge in [0.1, 0.15) is 5.69 Å². The highest BCUT2D eigenvalue weighted by molar-refractivity contribution is 6.07. The quantitative estimate of drug-likeness (QED) is 0.403. The van der Waals surface area contributed by atoms with E-state index < -0.39 is 5.97 Å². The fourth-order valence-corrected chi connectivity index (χ4v) is 3.48. The molecule has 2 aromatic carbocycles. The average molecular weight is 428 g/mol. The van der Waals surface area contributed by atoms with Gasteiger partial charge in [0.15, 0.2) is 6.61 Å². The number of anilines is 2. The SMILES string of the molecule is CCN(Cc1ccccc1)C(=O)COC(=O)c1[nH]c2ccccc2c1Nc1ccncc1. The largest absolute Gasteiger partial charge is 0.451 e. The van der Waals surface area contributed by atoms with E-state index in [0.717, 1.165) is 22.2 Å². The Balaban J connectivity index is 1.49. The van der Waals surface area contributed by atoms with E-state index in [1.165, 1.54) is 0 Å². The van der Waals surface area contributed by atoms with Crippen LogP contribution in [-0.2, 0) is 16.1 Å². The summed E-state index contributed by atoms with van der Waals surface area (Å²) >= 11 is 0. The minimum Gasteiger partial charge on any atom is -0.451 e. The van der Waals surface area contributed by atoms with Crippen LogP contribution in [0.4, 0.5) is 11.4 Å². The topological polar surface area (TPSA) is 87.3 Å². The molecule has 0 bridgehead atoms. The minimum absolute atomic E-state index is 0.246. The van der Waals surface area contributed by atoms with Gasteiger partial charge >= 0.3 is 5.97 Å². The second-order valence-corrected chi connectivity index (χ2v) is 7.25. The van der Waals surface area contributed by atoms with E-state index in [1.807, 2.05) is 73.7 Å². The van der Waals surface area contributed by atoms with Crippen molar-refractivity contribution < 1.29 is 14.3 Å². The van der Waals surface area contributed by atoms with Crippen molar-refractivity contribution in [3.05, 3.63) is 90.4 Å². The Labute approximate surface area is 186 Å². The first-order valence-electron chi connectivity index (χ1n) is 10.4. The van der Waals surface area contributed by atoms with Gasteiger partial charge in [-0.05, 0) is 30.7 Å². The second kappa shape index (κ2) is 9.78. The monoisotopic (exact) mass is 428 g/mol. The van der Waals surface area contributed by atoms with Crippen LogP contribution in [0.5, 0.6) is 0 Å². The zero-order valence-corrected chi connectivity index (χ0v) is 17.7. The number of aromatic nitrogens is 2. The van der Waals surface area contributed by atoms with Crippen LogP contribution in [0.2, 0.25) is 0 Å². The lowest BCUT2D eigenvalue weighted by molar-refractivity contribution is -0.134. The number of aromatic amines is 1. The lowest BCUT2D eigenvalue weighted by Crippen LogP contribution is -2.34. The predicted octanol–water partition coefficient (Wildman–Crippen LogP) is 4.51. The average Bonchev–Trinajstić information content (AvgIpc) is 3.20. The number of H-pyrrole nitrogens is 1. The number of carbonyl (C=O) groups excluding carboxylic acids is 2. The lowest BCUT2D eigenvalue weighted by atomic mass is 10.2. The van der Waals surface area contributed by atoms with Gasteiger partial charge in [-0.3, -0.25) is 9.78 Å². The third kappa shape index (κ3) is 4.78. The van der Waals surface area contributed by atoms with Crippen LogP contribution in [0.3, 0.4) is 0 Å². The molecule has 7 heteroatoms. The van der Waals surface area contributed by atoms with Gasteiger partial charge in [-0.2, -0.15) is 0 Å². The molecular formula is C25H24N4O3. The summed E-state index contributed by atoms with van der Waals surface area (Å²) in [6.45, 7) is 2.56. The van der Waals surface area contributed by atoms with Gasteiger partial charge in [0.2, 0.25) is 0 Å². The molecule has 0 atom stereocenters. The molecular weight excluding hydrogens is 404 g/mol. The number of hydrogen-bond donors (Lipinski definition) is 2. The molecule has 0 saturated carbocycles. The van der Waals surface area contributed by atoms with E-state index >= 15 is 0 Å². The molecule has 2 N–H and O–H groups in total. The number of nitrogens with one attached hydrogen (secondary N) is 2. The molecule has 0 aliphatic heterocycles. The molecule has 0 aliphatic rings. The summed E-state index contributed by atoms with van der Waals surface area (Å²) in [5.41, 5.74) is 3.47. The number of pyridine rings is 1. The van der Waals surface area contributed by atoms with Crippen LogP contribution in [0.25, 0.3) is 10.9 Å². The summed E-state index contributed by atoms with van der Waals surface area (Å²) in [6, 6.07) is 20.9. The predicted molar refractivity (Wildman–Crippen MR) is 124 cm³/mol. The van der Waals surface area contributed by atoms with Gasteiger partial charge in [0, 0.05) is 42.1 Å². The Morgan fingerprint density at radius 2 is 1.72 bits per heavy atom. The smallest absolute Gasteiger partial charge is 0.357 e. The molecule has 0 unspecified atom stereocenters. The maximum absolute atomic E-state index is 12.9. The number of nitrogens with zero attached hydrogens (tertiary/aromatic N) is 2. The van der Waals surface area contributed by atoms with Gasteiger partial charge in [-0.1, -0.05) is 48.5 Å². The fourth-order valence-electron chi connectivity index (χ4n) is 3.48. The van der Waals surface area contributed by atoms with Crippen LogP contribution in [0.1, 0.15) is 23.0 Å². The number of para-hydroxylation sites is 1. The molecule has 0 aliphatic carbocycles. The number of hydrogen-bond acceptors (Lipinski definition) is 5. The Hall–Kier alpha value is -4.13. The minimum atomic E-state index is -0.595. The van der Waals surface area contributed by atoms with Gasteiger partial charge in [-0.15, -0.1) is 0 Å². The number of likely N-dealkylation sites (N-methyl/N-ethyl adjacent to an activating group) is 1. The second-order valence-electron chi connectivity index (χ2n) is 7.25. The Bertz CT molecular complexity index is 1210. The number of fused-ring (bicyclic) bond motifs is 1. The van der Waals surface area contributed by atoms with E-state index in [-0.39, 0.29) is 18.2 Å². The molecule has 0 fully saturated rings. The van der Waals surface area contributed by atoms with Crippen LogP contribution in [-0.4, -0.2) is 39.9 Å². The molecule has 2 aromatic heterocycles. The number of esters is 1. The fraction of sp³-hybridized carbons (Fsp3) is 0.160. The first kappa shape index (κ1) is 21.1. The van der Waals surface area contributed by atoms with Crippen molar-refractivity contribution in [1.29, 1.82) is 0 Å². The van der Waals surface area contributed by atoms with Crippen molar-refractivity contribution in [2.24, 2.45) is 0 Å². The highest BCUT2D eigenvalue weighted by Gasteiger charge is 2.21. The third-order valence-corrected chi connectivity index (χ3v) is 5.14. The van der Waals surface area contributed by atoms with Crippen molar-refractivity contribution >= 4 is 34.2 Å². The van der Waals surface area contributed by atoms with Crippen LogP contribution < -0.4 is 5.32 Å². The Kier molecular flexibility index (Phi) is 6.46. The summed E-state index contributed by atoms with van der Waals surface area (Å²) in [6.07, 6.45) is 3.33. The molecule has 0 spiro atoms. The maximum atomic E-state index is 12.9. The van der Waals surface area contributed by atoms with Gasteiger partial charge in [0.25, 0.3) is 5.91 Å². The highest BCUT2D eigenvalue weighted by Crippen LogP contribution is 2.30. The van der Waals surface area contributed by atoms with E-state index in [2.05, 4.69) is 15.3 Å². The van der Waals surface area contributed by atoms with E-state index in [9.17, 15) is 9.59 Å². The van der Waals surface area contributed by atoms with Crippen molar-refractivity contribution in [2.75, 3.05) is 18.5 Å². The lowest BCUT2D eigenvalue weighted by Gasteiger charge is -2.20. The van der Waals surface area contributed by atoms with Crippen LogP contribution in [0.15, 0.2) is 79.1 Å². The molecule has 0 radical (unpaired) electrons. The van der Waals surface area contributed by atoms with E-state index in [0.29, 0.717) is 18.8 Å². The van der Waals surface area contributed by atoms with Gasteiger partial charge in [-0.25, -0.2) is 4.79 Å². The first-order chi connectivity index (χ1) is 15.7. The number of amides is 1. The highest BCUT2D eigenvalue weighted by atomic mass is 16.5. The molecule has 162 valence electrons. The van der Waals surface area contributed by atoms with Crippen molar-refractivity contribution in [1.82, 2.24) is 14.9 Å². The molecule has 4 rings (SSSR count).